The summed E-state index contributed by atoms with van der Waals surface area (Å²) in [5.74, 6) is -0.788. The van der Waals surface area contributed by atoms with E-state index in [2.05, 4.69) is 6.92 Å². The van der Waals surface area contributed by atoms with E-state index in [4.69, 9.17) is 0 Å². The molecule has 0 spiro atoms. The summed E-state index contributed by atoms with van der Waals surface area (Å²) in [4.78, 5) is 30.1. The third kappa shape index (κ3) is 3.46. The zero-order valence-corrected chi connectivity index (χ0v) is 17.0. The molecule has 29 heavy (non-hydrogen) atoms. The second-order valence-electron chi connectivity index (χ2n) is 8.16. The van der Waals surface area contributed by atoms with E-state index in [1.54, 1.807) is 6.07 Å². The average Bonchev–Trinajstić information content (AvgIpc) is 2.92. The highest BCUT2D eigenvalue weighted by molar-refractivity contribution is 6.45. The molecule has 150 valence electrons. The Labute approximate surface area is 170 Å². The minimum Gasteiger partial charge on any atom is -0.366 e. The summed E-state index contributed by atoms with van der Waals surface area (Å²) in [7, 11) is 0. The Kier molecular flexibility index (Phi) is 4.99. The number of rotatable bonds is 3. The normalized spacial score (nSPS) is 20.1. The molecule has 0 aromatic heterocycles. The molecule has 0 aliphatic carbocycles. The Bertz CT molecular complexity index is 1030. The minimum atomic E-state index is -0.476. The van der Waals surface area contributed by atoms with Crippen LogP contribution in [0.1, 0.15) is 36.5 Å². The van der Waals surface area contributed by atoms with Crippen molar-refractivity contribution < 1.29 is 14.0 Å². The van der Waals surface area contributed by atoms with E-state index in [0.717, 1.165) is 47.5 Å². The third-order valence-electron chi connectivity index (χ3n) is 5.75. The van der Waals surface area contributed by atoms with Crippen LogP contribution in [0.2, 0.25) is 0 Å². The number of anilines is 1. The van der Waals surface area contributed by atoms with Crippen LogP contribution in [0.4, 0.5) is 10.1 Å². The van der Waals surface area contributed by atoms with Crippen molar-refractivity contribution in [2.75, 3.05) is 18.0 Å². The molecule has 4 nitrogen and oxygen atoms in total. The molecule has 2 heterocycles. The number of carbonyl (C=O) groups is 2. The van der Waals surface area contributed by atoms with Crippen molar-refractivity contribution in [1.29, 1.82) is 0 Å². The molecule has 1 unspecified atom stereocenters. The Morgan fingerprint density at radius 3 is 2.52 bits per heavy atom. The number of hydrogen-bond donors (Lipinski definition) is 0. The Morgan fingerprint density at radius 2 is 1.83 bits per heavy atom. The summed E-state index contributed by atoms with van der Waals surface area (Å²) in [5.41, 5.74) is 3.94. The zero-order chi connectivity index (χ0) is 20.7. The quantitative estimate of drug-likeness (QED) is 0.724. The van der Waals surface area contributed by atoms with Gasteiger partial charge in [-0.1, -0.05) is 36.8 Å². The molecule has 0 radical (unpaired) electrons. The van der Waals surface area contributed by atoms with Gasteiger partial charge in [-0.25, -0.2) is 9.29 Å². The van der Waals surface area contributed by atoms with E-state index in [0.29, 0.717) is 17.2 Å². The van der Waals surface area contributed by atoms with Gasteiger partial charge in [-0.2, -0.15) is 0 Å². The number of imide groups is 1. The van der Waals surface area contributed by atoms with Crippen LogP contribution in [0.25, 0.3) is 5.57 Å². The van der Waals surface area contributed by atoms with E-state index < -0.39 is 5.82 Å². The van der Waals surface area contributed by atoms with Crippen molar-refractivity contribution in [2.45, 2.75) is 33.6 Å². The number of likely N-dealkylation sites (tertiary alicyclic amines) is 1. The molecular formula is C24H25FN2O2. The lowest BCUT2D eigenvalue weighted by atomic mass is 9.95. The maximum absolute atomic E-state index is 13.8. The average molecular weight is 392 g/mol. The molecule has 1 fully saturated rings. The standard InChI is InChI=1S/C24H25FN2O2/c1-15-9-10-20(17(3)12-15)21-22(26-11-5-6-16(2)14-26)24(29)27(23(21)28)19-8-4-7-18(25)13-19/h4,7-10,12-13,16H,5-6,11,14H2,1-3H3. The SMILES string of the molecule is Cc1ccc(C2=C(N3CCCC(C)C3)C(=O)N(c3cccc(F)c3)C2=O)c(C)c1. The Balaban J connectivity index is 1.87. The van der Waals surface area contributed by atoms with E-state index in [9.17, 15) is 14.0 Å². The lowest BCUT2D eigenvalue weighted by Gasteiger charge is -2.33. The van der Waals surface area contributed by atoms with Gasteiger partial charge in [0.1, 0.15) is 11.5 Å². The first-order valence-corrected chi connectivity index (χ1v) is 10.1. The van der Waals surface area contributed by atoms with Crippen molar-refractivity contribution in [3.05, 3.63) is 70.7 Å². The molecule has 0 saturated carbocycles. The monoisotopic (exact) mass is 392 g/mol. The second-order valence-corrected chi connectivity index (χ2v) is 8.16. The summed E-state index contributed by atoms with van der Waals surface area (Å²) in [6.07, 6.45) is 2.09. The van der Waals surface area contributed by atoms with Gasteiger partial charge in [0.2, 0.25) is 0 Å². The van der Waals surface area contributed by atoms with Gasteiger partial charge in [0.25, 0.3) is 11.8 Å². The first-order chi connectivity index (χ1) is 13.9. The second kappa shape index (κ2) is 7.47. The predicted octanol–water partition coefficient (Wildman–Crippen LogP) is 4.46. The molecule has 1 atom stereocenters. The van der Waals surface area contributed by atoms with Crippen LogP contribution in [0.15, 0.2) is 48.2 Å². The number of benzene rings is 2. The third-order valence-corrected chi connectivity index (χ3v) is 5.75. The van der Waals surface area contributed by atoms with Gasteiger partial charge in [0.15, 0.2) is 0 Å². The fourth-order valence-corrected chi connectivity index (χ4v) is 4.39. The first-order valence-electron chi connectivity index (χ1n) is 10.1. The first kappa shape index (κ1) is 19.4. The fourth-order valence-electron chi connectivity index (χ4n) is 4.39. The van der Waals surface area contributed by atoms with Gasteiger partial charge in [0, 0.05) is 13.1 Å². The van der Waals surface area contributed by atoms with Gasteiger partial charge in [-0.3, -0.25) is 9.59 Å². The minimum absolute atomic E-state index is 0.266. The molecule has 0 bridgehead atoms. The highest BCUT2D eigenvalue weighted by atomic mass is 19.1. The number of halogens is 1. The maximum Gasteiger partial charge on any atom is 0.282 e. The van der Waals surface area contributed by atoms with Crippen molar-refractivity contribution in [3.63, 3.8) is 0 Å². The van der Waals surface area contributed by atoms with Gasteiger partial charge < -0.3 is 4.90 Å². The largest absolute Gasteiger partial charge is 0.366 e. The van der Waals surface area contributed by atoms with Gasteiger partial charge in [0.05, 0.1) is 11.3 Å². The summed E-state index contributed by atoms with van der Waals surface area (Å²) >= 11 is 0. The molecule has 2 amide bonds. The zero-order valence-electron chi connectivity index (χ0n) is 17.0. The van der Waals surface area contributed by atoms with Crippen molar-refractivity contribution in [3.8, 4) is 0 Å². The molecule has 2 aliphatic rings. The highest BCUT2D eigenvalue weighted by Crippen LogP contribution is 2.37. The number of piperidine rings is 1. The van der Waals surface area contributed by atoms with Crippen molar-refractivity contribution >= 4 is 23.1 Å². The van der Waals surface area contributed by atoms with E-state index in [1.165, 1.54) is 18.2 Å². The molecule has 2 aromatic carbocycles. The Hall–Kier alpha value is -2.95. The molecule has 0 N–H and O–H groups in total. The summed E-state index contributed by atoms with van der Waals surface area (Å²) in [5, 5.41) is 0. The van der Waals surface area contributed by atoms with Crippen LogP contribution < -0.4 is 4.90 Å². The number of aryl methyl sites for hydroxylation is 2. The maximum atomic E-state index is 13.8. The molecule has 2 aromatic rings. The summed E-state index contributed by atoms with van der Waals surface area (Å²) < 4.78 is 13.8. The summed E-state index contributed by atoms with van der Waals surface area (Å²) in [6.45, 7) is 7.59. The van der Waals surface area contributed by atoms with Crippen LogP contribution in [0, 0.1) is 25.6 Å². The predicted molar refractivity (Wildman–Crippen MR) is 112 cm³/mol. The van der Waals surface area contributed by atoms with Gasteiger partial charge in [-0.15, -0.1) is 0 Å². The van der Waals surface area contributed by atoms with Crippen LogP contribution >= 0.6 is 0 Å². The highest BCUT2D eigenvalue weighted by Gasteiger charge is 2.43. The molecular weight excluding hydrogens is 367 g/mol. The van der Waals surface area contributed by atoms with Crippen molar-refractivity contribution in [2.24, 2.45) is 5.92 Å². The Morgan fingerprint density at radius 1 is 1.03 bits per heavy atom. The fraction of sp³-hybridized carbons (Fsp3) is 0.333. The smallest absolute Gasteiger partial charge is 0.282 e. The lowest BCUT2D eigenvalue weighted by Crippen LogP contribution is -2.39. The van der Waals surface area contributed by atoms with E-state index in [-0.39, 0.29) is 17.5 Å². The van der Waals surface area contributed by atoms with E-state index in [1.807, 2.05) is 36.9 Å². The van der Waals surface area contributed by atoms with Crippen LogP contribution in [-0.4, -0.2) is 29.8 Å². The lowest BCUT2D eigenvalue weighted by molar-refractivity contribution is -0.120. The van der Waals surface area contributed by atoms with E-state index >= 15 is 0 Å². The van der Waals surface area contributed by atoms with Gasteiger partial charge in [-0.05, 0) is 61.9 Å². The number of hydrogen-bond acceptors (Lipinski definition) is 3. The molecule has 5 heteroatoms. The van der Waals surface area contributed by atoms with Crippen molar-refractivity contribution in [1.82, 2.24) is 4.90 Å². The number of nitrogens with zero attached hydrogens (tertiary/aromatic N) is 2. The van der Waals surface area contributed by atoms with Crippen LogP contribution in [0.5, 0.6) is 0 Å². The molecule has 4 rings (SSSR count). The van der Waals surface area contributed by atoms with Gasteiger partial charge >= 0.3 is 0 Å². The molecule has 1 saturated heterocycles. The number of carbonyl (C=O) groups excluding carboxylic acids is 2. The van der Waals surface area contributed by atoms with Crippen LogP contribution in [-0.2, 0) is 9.59 Å². The molecule has 2 aliphatic heterocycles. The topological polar surface area (TPSA) is 40.6 Å². The van der Waals surface area contributed by atoms with Crippen LogP contribution in [0.3, 0.4) is 0 Å². The number of amides is 2. The summed E-state index contributed by atoms with van der Waals surface area (Å²) in [6, 6.07) is 11.5.